The lowest BCUT2D eigenvalue weighted by molar-refractivity contribution is 0.601. The van der Waals surface area contributed by atoms with E-state index >= 15 is 0 Å². The molecule has 2 rings (SSSR count). The Morgan fingerprint density at radius 1 is 1.30 bits per heavy atom. The highest BCUT2D eigenvalue weighted by atomic mass is 79.9. The van der Waals surface area contributed by atoms with Crippen LogP contribution < -0.4 is 10.5 Å². The molecule has 0 fully saturated rings. The van der Waals surface area contributed by atoms with E-state index in [9.17, 15) is 8.42 Å². The molecular weight excluding hydrogens is 389 g/mol. The van der Waals surface area contributed by atoms with Crippen LogP contribution in [-0.4, -0.2) is 13.4 Å². The molecule has 5 nitrogen and oxygen atoms in total. The van der Waals surface area contributed by atoms with Crippen molar-refractivity contribution in [1.82, 2.24) is 4.98 Å². The Hall–Kier alpha value is -1.02. The Morgan fingerprint density at radius 2 is 2.00 bits per heavy atom. The molecule has 0 spiro atoms. The van der Waals surface area contributed by atoms with Gasteiger partial charge < -0.3 is 5.73 Å². The molecule has 1 aromatic carbocycles. The van der Waals surface area contributed by atoms with Crippen molar-refractivity contribution in [2.45, 2.75) is 4.90 Å². The lowest BCUT2D eigenvalue weighted by atomic mass is 10.3. The molecule has 2 aromatic rings. The fourth-order valence-electron chi connectivity index (χ4n) is 1.43. The van der Waals surface area contributed by atoms with E-state index in [2.05, 4.69) is 25.6 Å². The monoisotopic (exact) mass is 395 g/mol. The van der Waals surface area contributed by atoms with Crippen LogP contribution in [0.2, 0.25) is 10.0 Å². The van der Waals surface area contributed by atoms with Crippen molar-refractivity contribution in [2.75, 3.05) is 10.5 Å². The summed E-state index contributed by atoms with van der Waals surface area (Å²) in [6.45, 7) is 0. The molecule has 1 heterocycles. The molecule has 0 aliphatic rings. The fourth-order valence-corrected chi connectivity index (χ4v) is 3.50. The van der Waals surface area contributed by atoms with Gasteiger partial charge in [0.25, 0.3) is 10.0 Å². The fraction of sp³-hybridized carbons (Fsp3) is 0. The van der Waals surface area contributed by atoms with E-state index in [0.717, 1.165) is 0 Å². The van der Waals surface area contributed by atoms with Crippen LogP contribution in [0.3, 0.4) is 0 Å². The van der Waals surface area contributed by atoms with E-state index in [4.69, 9.17) is 28.9 Å². The Labute approximate surface area is 134 Å². The molecule has 9 heteroatoms. The van der Waals surface area contributed by atoms with Gasteiger partial charge in [-0.1, -0.05) is 29.3 Å². The van der Waals surface area contributed by atoms with Crippen molar-refractivity contribution >= 4 is 60.7 Å². The highest BCUT2D eigenvalue weighted by Crippen LogP contribution is 2.32. The first kappa shape index (κ1) is 15.4. The first-order chi connectivity index (χ1) is 9.31. The van der Waals surface area contributed by atoms with Crippen molar-refractivity contribution < 1.29 is 8.42 Å². The summed E-state index contributed by atoms with van der Waals surface area (Å²) in [5.41, 5.74) is 5.75. The zero-order valence-electron chi connectivity index (χ0n) is 9.77. The van der Waals surface area contributed by atoms with Gasteiger partial charge in [0.05, 0.1) is 15.7 Å². The number of halogens is 3. The lowest BCUT2D eigenvalue weighted by Gasteiger charge is -2.11. The van der Waals surface area contributed by atoms with Gasteiger partial charge in [-0.15, -0.1) is 0 Å². The SMILES string of the molecule is Nc1ncc(Br)cc1S(=O)(=O)Nc1cccc(Cl)c1Cl. The van der Waals surface area contributed by atoms with Gasteiger partial charge in [0, 0.05) is 10.7 Å². The third kappa shape index (κ3) is 3.17. The normalized spacial score (nSPS) is 11.3. The molecule has 0 aliphatic heterocycles. The van der Waals surface area contributed by atoms with Gasteiger partial charge in [0.2, 0.25) is 0 Å². The number of nitrogens with one attached hydrogen (secondary N) is 1. The maximum Gasteiger partial charge on any atom is 0.265 e. The summed E-state index contributed by atoms with van der Waals surface area (Å²) >= 11 is 14.9. The molecule has 20 heavy (non-hydrogen) atoms. The number of aromatic nitrogens is 1. The van der Waals surface area contributed by atoms with Crippen LogP contribution in [-0.2, 0) is 10.0 Å². The third-order valence-corrected chi connectivity index (χ3v) is 4.98. The van der Waals surface area contributed by atoms with Crippen molar-refractivity contribution in [3.8, 4) is 0 Å². The van der Waals surface area contributed by atoms with Gasteiger partial charge in [0.1, 0.15) is 10.7 Å². The second-order valence-electron chi connectivity index (χ2n) is 3.74. The maximum atomic E-state index is 12.3. The number of nitrogens with zero attached hydrogens (tertiary/aromatic N) is 1. The zero-order valence-corrected chi connectivity index (χ0v) is 13.7. The molecule has 0 atom stereocenters. The second-order valence-corrected chi connectivity index (χ2v) is 7.10. The van der Waals surface area contributed by atoms with Gasteiger partial charge in [-0.05, 0) is 34.1 Å². The number of pyridine rings is 1. The minimum Gasteiger partial charge on any atom is -0.383 e. The van der Waals surface area contributed by atoms with E-state index in [1.807, 2.05) is 0 Å². The summed E-state index contributed by atoms with van der Waals surface area (Å²) < 4.78 is 27.4. The lowest BCUT2D eigenvalue weighted by Crippen LogP contribution is -2.15. The Morgan fingerprint density at radius 3 is 2.70 bits per heavy atom. The van der Waals surface area contributed by atoms with Crippen LogP contribution in [0.5, 0.6) is 0 Å². The first-order valence-electron chi connectivity index (χ1n) is 5.19. The van der Waals surface area contributed by atoms with Gasteiger partial charge in [-0.25, -0.2) is 13.4 Å². The van der Waals surface area contributed by atoms with Crippen molar-refractivity contribution in [3.05, 3.63) is 45.0 Å². The molecule has 1 aromatic heterocycles. The van der Waals surface area contributed by atoms with Crippen molar-refractivity contribution in [1.29, 1.82) is 0 Å². The Balaban J connectivity index is 2.46. The number of hydrogen-bond acceptors (Lipinski definition) is 4. The summed E-state index contributed by atoms with van der Waals surface area (Å²) in [6.07, 6.45) is 1.40. The molecule has 0 bridgehead atoms. The summed E-state index contributed by atoms with van der Waals surface area (Å²) in [5, 5.41) is 0.353. The quantitative estimate of drug-likeness (QED) is 0.830. The highest BCUT2D eigenvalue weighted by Gasteiger charge is 2.20. The largest absolute Gasteiger partial charge is 0.383 e. The van der Waals surface area contributed by atoms with Crippen LogP contribution in [0, 0.1) is 0 Å². The Bertz CT molecular complexity index is 768. The molecule has 106 valence electrons. The number of hydrogen-bond donors (Lipinski definition) is 2. The molecule has 3 N–H and O–H groups in total. The molecule has 0 saturated carbocycles. The third-order valence-electron chi connectivity index (χ3n) is 2.33. The Kier molecular flexibility index (Phi) is 4.43. The van der Waals surface area contributed by atoms with Crippen LogP contribution in [0.4, 0.5) is 11.5 Å². The first-order valence-corrected chi connectivity index (χ1v) is 8.22. The summed E-state index contributed by atoms with van der Waals surface area (Å²) in [4.78, 5) is 3.63. The molecule has 0 radical (unpaired) electrons. The zero-order chi connectivity index (χ0) is 14.9. The number of benzene rings is 1. The maximum absolute atomic E-state index is 12.3. The minimum atomic E-state index is -3.92. The standard InChI is InChI=1S/C11H8BrCl2N3O2S/c12-6-4-9(11(15)16-5-6)20(18,19)17-8-3-1-2-7(13)10(8)14/h1-5,17H,(H2,15,16). The molecular formula is C11H8BrCl2N3O2S. The van der Waals surface area contributed by atoms with Gasteiger partial charge in [0.15, 0.2) is 0 Å². The van der Waals surface area contributed by atoms with Crippen LogP contribution >= 0.6 is 39.1 Å². The smallest absolute Gasteiger partial charge is 0.265 e. The van der Waals surface area contributed by atoms with E-state index in [1.165, 1.54) is 18.3 Å². The second kappa shape index (κ2) is 5.77. The van der Waals surface area contributed by atoms with Gasteiger partial charge in [-0.2, -0.15) is 0 Å². The van der Waals surface area contributed by atoms with E-state index < -0.39 is 10.0 Å². The molecule has 0 aliphatic carbocycles. The average molecular weight is 397 g/mol. The predicted octanol–water partition coefficient (Wildman–Crippen LogP) is 3.53. The van der Waals surface area contributed by atoms with Crippen LogP contribution in [0.25, 0.3) is 0 Å². The highest BCUT2D eigenvalue weighted by molar-refractivity contribution is 9.10. The average Bonchev–Trinajstić information content (AvgIpc) is 2.37. The number of anilines is 2. The van der Waals surface area contributed by atoms with Gasteiger partial charge >= 0.3 is 0 Å². The van der Waals surface area contributed by atoms with E-state index in [0.29, 0.717) is 4.47 Å². The number of sulfonamides is 1. The van der Waals surface area contributed by atoms with Crippen molar-refractivity contribution in [3.63, 3.8) is 0 Å². The molecule has 0 amide bonds. The van der Waals surface area contributed by atoms with Crippen molar-refractivity contribution in [2.24, 2.45) is 0 Å². The molecule has 0 unspecified atom stereocenters. The van der Waals surface area contributed by atoms with Crippen LogP contribution in [0.1, 0.15) is 0 Å². The molecule has 0 saturated heterocycles. The van der Waals surface area contributed by atoms with Gasteiger partial charge in [-0.3, -0.25) is 4.72 Å². The van der Waals surface area contributed by atoms with E-state index in [-0.39, 0.29) is 26.4 Å². The summed E-state index contributed by atoms with van der Waals surface area (Å²) in [6, 6.07) is 5.97. The summed E-state index contributed by atoms with van der Waals surface area (Å²) in [7, 11) is -3.92. The topological polar surface area (TPSA) is 85.1 Å². The minimum absolute atomic E-state index is 0.110. The summed E-state index contributed by atoms with van der Waals surface area (Å²) in [5.74, 6) is -0.112. The number of nitrogens with two attached hydrogens (primary N) is 1. The number of nitrogen functional groups attached to an aromatic ring is 1. The predicted molar refractivity (Wildman–Crippen MR) is 83.6 cm³/mol. The van der Waals surface area contributed by atoms with E-state index in [1.54, 1.807) is 12.1 Å². The van der Waals surface area contributed by atoms with Crippen LogP contribution in [0.15, 0.2) is 39.8 Å². The number of rotatable bonds is 3.